The fourth-order valence-corrected chi connectivity index (χ4v) is 3.47. The van der Waals surface area contributed by atoms with Crippen LogP contribution in [0.5, 0.6) is 0 Å². The van der Waals surface area contributed by atoms with E-state index in [2.05, 4.69) is 20.4 Å². The van der Waals surface area contributed by atoms with Crippen LogP contribution in [0.15, 0.2) is 16.9 Å². The molecule has 1 fully saturated rings. The molecule has 2 aromatic heterocycles. The highest BCUT2D eigenvalue weighted by Crippen LogP contribution is 2.24. The molecule has 0 radical (unpaired) electrons. The molecule has 138 valence electrons. The van der Waals surface area contributed by atoms with Crippen molar-refractivity contribution in [3.8, 4) is 0 Å². The first kappa shape index (κ1) is 16.8. The fourth-order valence-electron chi connectivity index (χ4n) is 3.47. The highest BCUT2D eigenvalue weighted by molar-refractivity contribution is 5.92. The number of hydrogen-bond acceptors (Lipinski definition) is 8. The largest absolute Gasteiger partial charge is 0.376 e. The summed E-state index contributed by atoms with van der Waals surface area (Å²) in [6, 6.07) is 1.58. The summed E-state index contributed by atoms with van der Waals surface area (Å²) in [5.41, 5.74) is 8.12. The predicted octanol–water partition coefficient (Wildman–Crippen LogP) is 0.879. The van der Waals surface area contributed by atoms with Gasteiger partial charge in [-0.15, -0.1) is 0 Å². The Kier molecular flexibility index (Phi) is 4.70. The Morgan fingerprint density at radius 2 is 2.23 bits per heavy atom. The molecule has 26 heavy (non-hydrogen) atoms. The van der Waals surface area contributed by atoms with Crippen LogP contribution in [0.2, 0.25) is 0 Å². The molecular formula is C17H22N6O3. The summed E-state index contributed by atoms with van der Waals surface area (Å²) in [5.74, 6) is 0.856. The van der Waals surface area contributed by atoms with E-state index < -0.39 is 0 Å². The molecule has 4 heterocycles. The van der Waals surface area contributed by atoms with Crippen molar-refractivity contribution in [1.82, 2.24) is 20.0 Å². The summed E-state index contributed by atoms with van der Waals surface area (Å²) in [4.78, 5) is 23.1. The molecule has 1 atom stereocenters. The fraction of sp³-hybridized carbons (Fsp3) is 0.529. The van der Waals surface area contributed by atoms with Gasteiger partial charge in [-0.2, -0.15) is 4.98 Å². The number of nitrogens with two attached hydrogens (primary N) is 1. The second-order valence-corrected chi connectivity index (χ2v) is 6.55. The number of nitrogens with one attached hydrogen (secondary N) is 1. The standard InChI is InChI=1S/C17H22N6O3/c18-17-20-13-4-7-23(16(24)14-5-9-26-22-14)6-3-12(13)15(21-17)19-10-11-2-1-8-25-11/h5,9,11H,1-4,6-8,10H2,(H3,18,19,20,21)/t11-/m0/s1. The van der Waals surface area contributed by atoms with Gasteiger partial charge in [-0.1, -0.05) is 5.16 Å². The van der Waals surface area contributed by atoms with Crippen LogP contribution in [-0.2, 0) is 17.6 Å². The minimum absolute atomic E-state index is 0.138. The number of amides is 1. The van der Waals surface area contributed by atoms with Crippen LogP contribution < -0.4 is 11.1 Å². The minimum atomic E-state index is -0.138. The van der Waals surface area contributed by atoms with E-state index in [1.807, 2.05) is 0 Å². The zero-order valence-electron chi connectivity index (χ0n) is 14.5. The Morgan fingerprint density at radius 3 is 3.00 bits per heavy atom. The van der Waals surface area contributed by atoms with Gasteiger partial charge in [0.05, 0.1) is 11.8 Å². The molecule has 2 aliphatic heterocycles. The maximum atomic E-state index is 12.5. The van der Waals surface area contributed by atoms with E-state index in [0.29, 0.717) is 38.2 Å². The molecule has 0 unspecified atom stereocenters. The maximum absolute atomic E-state index is 12.5. The van der Waals surface area contributed by atoms with E-state index >= 15 is 0 Å². The number of anilines is 2. The van der Waals surface area contributed by atoms with Crippen LogP contribution in [0.1, 0.15) is 34.6 Å². The number of fused-ring (bicyclic) bond motifs is 1. The smallest absolute Gasteiger partial charge is 0.276 e. The molecule has 0 aliphatic carbocycles. The first-order valence-corrected chi connectivity index (χ1v) is 8.91. The Labute approximate surface area is 150 Å². The topological polar surface area (TPSA) is 119 Å². The normalized spacial score (nSPS) is 19.8. The molecule has 2 aromatic rings. The van der Waals surface area contributed by atoms with E-state index in [1.54, 1.807) is 11.0 Å². The van der Waals surface area contributed by atoms with Crippen LogP contribution >= 0.6 is 0 Å². The quantitative estimate of drug-likeness (QED) is 0.826. The Hall–Kier alpha value is -2.68. The third-order valence-electron chi connectivity index (χ3n) is 4.83. The van der Waals surface area contributed by atoms with Crippen molar-refractivity contribution in [2.45, 2.75) is 31.8 Å². The van der Waals surface area contributed by atoms with E-state index in [9.17, 15) is 4.79 Å². The summed E-state index contributed by atoms with van der Waals surface area (Å²) in [6.07, 6.45) is 5.04. The molecule has 3 N–H and O–H groups in total. The van der Waals surface area contributed by atoms with Gasteiger partial charge in [0.25, 0.3) is 5.91 Å². The maximum Gasteiger partial charge on any atom is 0.276 e. The van der Waals surface area contributed by atoms with Crippen molar-refractivity contribution in [3.63, 3.8) is 0 Å². The van der Waals surface area contributed by atoms with E-state index in [4.69, 9.17) is 15.0 Å². The van der Waals surface area contributed by atoms with E-state index in [-0.39, 0.29) is 18.0 Å². The van der Waals surface area contributed by atoms with Crippen molar-refractivity contribution in [3.05, 3.63) is 29.3 Å². The summed E-state index contributed by atoms with van der Waals surface area (Å²) < 4.78 is 10.4. The van der Waals surface area contributed by atoms with Gasteiger partial charge >= 0.3 is 0 Å². The molecule has 0 spiro atoms. The van der Waals surface area contributed by atoms with Gasteiger partial charge in [0, 0.05) is 44.3 Å². The van der Waals surface area contributed by atoms with Gasteiger partial charge in [-0.05, 0) is 19.3 Å². The van der Waals surface area contributed by atoms with Crippen molar-refractivity contribution in [2.24, 2.45) is 0 Å². The molecule has 1 amide bonds. The van der Waals surface area contributed by atoms with Crippen LogP contribution in [-0.4, -0.2) is 58.3 Å². The number of ether oxygens (including phenoxy) is 1. The highest BCUT2D eigenvalue weighted by Gasteiger charge is 2.25. The van der Waals surface area contributed by atoms with Gasteiger partial charge in [0.1, 0.15) is 12.1 Å². The summed E-state index contributed by atoms with van der Waals surface area (Å²) in [5, 5.41) is 7.10. The summed E-state index contributed by atoms with van der Waals surface area (Å²) in [7, 11) is 0. The van der Waals surface area contributed by atoms with Crippen molar-refractivity contribution < 1.29 is 14.1 Å². The minimum Gasteiger partial charge on any atom is -0.376 e. The average Bonchev–Trinajstić information content (AvgIpc) is 3.30. The lowest BCUT2D eigenvalue weighted by Gasteiger charge is -2.18. The average molecular weight is 358 g/mol. The lowest BCUT2D eigenvalue weighted by atomic mass is 10.1. The second kappa shape index (κ2) is 7.28. The molecular weight excluding hydrogens is 336 g/mol. The van der Waals surface area contributed by atoms with Crippen LogP contribution in [0.3, 0.4) is 0 Å². The van der Waals surface area contributed by atoms with E-state index in [1.165, 1.54) is 6.26 Å². The predicted molar refractivity (Wildman–Crippen MR) is 93.7 cm³/mol. The SMILES string of the molecule is Nc1nc2c(c(NC[C@@H]3CCCO3)n1)CCN(C(=O)c1ccon1)CC2. The number of nitrogens with zero attached hydrogens (tertiary/aromatic N) is 4. The third kappa shape index (κ3) is 3.48. The molecule has 0 bridgehead atoms. The third-order valence-corrected chi connectivity index (χ3v) is 4.83. The Bertz CT molecular complexity index is 773. The van der Waals surface area contributed by atoms with Gasteiger partial charge in [-0.3, -0.25) is 4.79 Å². The molecule has 1 saturated heterocycles. The number of carbonyl (C=O) groups excluding carboxylic acids is 1. The molecule has 4 rings (SSSR count). The van der Waals surface area contributed by atoms with Crippen molar-refractivity contribution in [2.75, 3.05) is 37.3 Å². The lowest BCUT2D eigenvalue weighted by Crippen LogP contribution is -2.33. The van der Waals surface area contributed by atoms with Crippen LogP contribution in [0.4, 0.5) is 11.8 Å². The Morgan fingerprint density at radius 1 is 1.35 bits per heavy atom. The lowest BCUT2D eigenvalue weighted by molar-refractivity contribution is 0.0752. The number of hydrogen-bond donors (Lipinski definition) is 2. The molecule has 0 aromatic carbocycles. The first-order valence-electron chi connectivity index (χ1n) is 8.91. The monoisotopic (exact) mass is 358 g/mol. The van der Waals surface area contributed by atoms with Crippen LogP contribution in [0, 0.1) is 0 Å². The van der Waals surface area contributed by atoms with Gasteiger partial charge in [0.15, 0.2) is 5.69 Å². The Balaban J connectivity index is 1.49. The first-order chi connectivity index (χ1) is 12.7. The zero-order valence-corrected chi connectivity index (χ0v) is 14.5. The zero-order chi connectivity index (χ0) is 17.9. The van der Waals surface area contributed by atoms with Gasteiger partial charge in [0.2, 0.25) is 5.95 Å². The van der Waals surface area contributed by atoms with Crippen molar-refractivity contribution in [1.29, 1.82) is 0 Å². The molecule has 9 nitrogen and oxygen atoms in total. The second-order valence-electron chi connectivity index (χ2n) is 6.55. The van der Waals surface area contributed by atoms with Crippen LogP contribution in [0.25, 0.3) is 0 Å². The van der Waals surface area contributed by atoms with Gasteiger partial charge in [-0.25, -0.2) is 4.98 Å². The number of rotatable bonds is 4. The number of carbonyl (C=O) groups is 1. The van der Waals surface area contributed by atoms with E-state index in [0.717, 1.165) is 36.5 Å². The van der Waals surface area contributed by atoms with Gasteiger partial charge < -0.3 is 25.2 Å². The summed E-state index contributed by atoms with van der Waals surface area (Å²) >= 11 is 0. The number of nitrogen functional groups attached to an aromatic ring is 1. The molecule has 2 aliphatic rings. The highest BCUT2D eigenvalue weighted by atomic mass is 16.5. The van der Waals surface area contributed by atoms with Crippen molar-refractivity contribution >= 4 is 17.7 Å². The summed E-state index contributed by atoms with van der Waals surface area (Å²) in [6.45, 7) is 2.64. The molecule has 9 heteroatoms. The molecule has 0 saturated carbocycles. The number of aromatic nitrogens is 3.